The molecule has 4 heteroatoms. The van der Waals surface area contributed by atoms with Gasteiger partial charge in [-0.25, -0.2) is 0 Å². The van der Waals surface area contributed by atoms with Gasteiger partial charge in [0.15, 0.2) is 5.76 Å². The molecule has 1 aliphatic heterocycles. The zero-order chi connectivity index (χ0) is 14.8. The van der Waals surface area contributed by atoms with Crippen LogP contribution in [0, 0.1) is 6.92 Å². The minimum absolute atomic E-state index is 0.0512. The number of morpholine rings is 1. The number of rotatable bonds is 4. The van der Waals surface area contributed by atoms with Gasteiger partial charge in [0.1, 0.15) is 11.7 Å². The van der Waals surface area contributed by atoms with Crippen molar-refractivity contribution < 1.29 is 13.9 Å². The fourth-order valence-electron chi connectivity index (χ4n) is 2.82. The normalized spacial score (nSPS) is 20.0. The lowest BCUT2D eigenvalue weighted by Crippen LogP contribution is -2.46. The molecule has 0 saturated carbocycles. The maximum absolute atomic E-state index is 12.6. The molecule has 1 aromatic carbocycles. The van der Waals surface area contributed by atoms with Gasteiger partial charge in [0.25, 0.3) is 0 Å². The Labute approximate surface area is 124 Å². The first kappa shape index (κ1) is 14.3. The van der Waals surface area contributed by atoms with Gasteiger partial charge >= 0.3 is 0 Å². The first-order valence-corrected chi connectivity index (χ1v) is 7.55. The van der Waals surface area contributed by atoms with Gasteiger partial charge in [0, 0.05) is 18.5 Å². The Hall–Kier alpha value is -1.65. The number of ketones is 1. The first-order valence-electron chi connectivity index (χ1n) is 7.55. The highest BCUT2D eigenvalue weighted by molar-refractivity contribution is 6.00. The van der Waals surface area contributed by atoms with Crippen molar-refractivity contribution in [3.05, 3.63) is 35.6 Å². The van der Waals surface area contributed by atoms with Crippen LogP contribution in [0.1, 0.15) is 29.5 Å². The van der Waals surface area contributed by atoms with Gasteiger partial charge in [-0.2, -0.15) is 0 Å². The Morgan fingerprint density at radius 1 is 1.38 bits per heavy atom. The van der Waals surface area contributed by atoms with E-state index >= 15 is 0 Å². The summed E-state index contributed by atoms with van der Waals surface area (Å²) in [5, 5.41) is 0.972. The van der Waals surface area contributed by atoms with Gasteiger partial charge in [0.2, 0.25) is 5.78 Å². The molecule has 3 rings (SSSR count). The monoisotopic (exact) mass is 287 g/mol. The number of furan rings is 1. The SMILES string of the molecule is CCCN1CCOC(C(=O)c2cc3cc(C)ccc3o2)C1. The van der Waals surface area contributed by atoms with Gasteiger partial charge in [-0.3, -0.25) is 9.69 Å². The van der Waals surface area contributed by atoms with Crippen LogP contribution in [-0.2, 0) is 4.74 Å². The standard InChI is InChI=1S/C17H21NO3/c1-3-6-18-7-8-20-16(11-18)17(19)15-10-13-9-12(2)4-5-14(13)21-15/h4-5,9-10,16H,3,6-8,11H2,1-2H3. The zero-order valence-electron chi connectivity index (χ0n) is 12.6. The highest BCUT2D eigenvalue weighted by Crippen LogP contribution is 2.23. The van der Waals surface area contributed by atoms with Crippen LogP contribution in [0.5, 0.6) is 0 Å². The largest absolute Gasteiger partial charge is 0.453 e. The Morgan fingerprint density at radius 3 is 3.05 bits per heavy atom. The molecular weight excluding hydrogens is 266 g/mol. The second-order valence-corrected chi connectivity index (χ2v) is 5.68. The number of hydrogen-bond acceptors (Lipinski definition) is 4. The lowest BCUT2D eigenvalue weighted by atomic mass is 10.1. The summed E-state index contributed by atoms with van der Waals surface area (Å²) >= 11 is 0. The van der Waals surface area contributed by atoms with E-state index in [4.69, 9.17) is 9.15 Å². The minimum atomic E-state index is -0.410. The average molecular weight is 287 g/mol. The lowest BCUT2D eigenvalue weighted by molar-refractivity contribution is -0.0175. The van der Waals surface area contributed by atoms with Gasteiger partial charge < -0.3 is 9.15 Å². The fraction of sp³-hybridized carbons (Fsp3) is 0.471. The van der Waals surface area contributed by atoms with Gasteiger partial charge in [-0.1, -0.05) is 18.6 Å². The van der Waals surface area contributed by atoms with Gasteiger partial charge in [0.05, 0.1) is 6.61 Å². The van der Waals surface area contributed by atoms with Crippen LogP contribution in [0.3, 0.4) is 0 Å². The molecule has 4 nitrogen and oxygen atoms in total. The molecule has 1 fully saturated rings. The van der Waals surface area contributed by atoms with Crippen molar-refractivity contribution >= 4 is 16.8 Å². The van der Waals surface area contributed by atoms with E-state index in [9.17, 15) is 4.79 Å². The highest BCUT2D eigenvalue weighted by atomic mass is 16.5. The molecular formula is C17H21NO3. The van der Waals surface area contributed by atoms with E-state index in [0.29, 0.717) is 18.9 Å². The van der Waals surface area contributed by atoms with Gasteiger partial charge in [-0.15, -0.1) is 0 Å². The van der Waals surface area contributed by atoms with E-state index in [-0.39, 0.29) is 5.78 Å². The molecule has 1 aromatic heterocycles. The van der Waals surface area contributed by atoms with E-state index in [0.717, 1.165) is 36.0 Å². The van der Waals surface area contributed by atoms with Crippen molar-refractivity contribution in [3.8, 4) is 0 Å². The summed E-state index contributed by atoms with van der Waals surface area (Å²) in [6, 6.07) is 7.75. The van der Waals surface area contributed by atoms with Crippen molar-refractivity contribution in [3.63, 3.8) is 0 Å². The summed E-state index contributed by atoms with van der Waals surface area (Å²) < 4.78 is 11.3. The van der Waals surface area contributed by atoms with Crippen LogP contribution in [0.2, 0.25) is 0 Å². The molecule has 1 unspecified atom stereocenters. The summed E-state index contributed by atoms with van der Waals surface area (Å²) in [5.41, 5.74) is 1.91. The Balaban J connectivity index is 1.79. The number of Topliss-reactive ketones (excluding diaryl/α,β-unsaturated/α-hetero) is 1. The number of aryl methyl sites for hydroxylation is 1. The molecule has 0 bridgehead atoms. The Kier molecular flexibility index (Phi) is 4.08. The minimum Gasteiger partial charge on any atom is -0.453 e. The quantitative estimate of drug-likeness (QED) is 0.811. The zero-order valence-corrected chi connectivity index (χ0v) is 12.6. The number of fused-ring (bicyclic) bond motifs is 1. The molecule has 1 aliphatic rings. The van der Waals surface area contributed by atoms with Crippen molar-refractivity contribution in [1.82, 2.24) is 4.90 Å². The third-order valence-corrected chi connectivity index (χ3v) is 3.90. The summed E-state index contributed by atoms with van der Waals surface area (Å²) in [6.07, 6.45) is 0.678. The van der Waals surface area contributed by atoms with Crippen LogP contribution < -0.4 is 0 Å². The smallest absolute Gasteiger partial charge is 0.227 e. The number of carbonyl (C=O) groups is 1. The predicted molar refractivity (Wildman–Crippen MR) is 81.8 cm³/mol. The molecule has 2 heterocycles. The van der Waals surface area contributed by atoms with E-state index in [1.807, 2.05) is 31.2 Å². The molecule has 0 aliphatic carbocycles. The summed E-state index contributed by atoms with van der Waals surface area (Å²) in [4.78, 5) is 14.8. The van der Waals surface area contributed by atoms with Crippen molar-refractivity contribution in [2.24, 2.45) is 0 Å². The van der Waals surface area contributed by atoms with Crippen LogP contribution in [0.4, 0.5) is 0 Å². The number of carbonyl (C=O) groups excluding carboxylic acids is 1. The first-order chi connectivity index (χ1) is 10.2. The van der Waals surface area contributed by atoms with Crippen LogP contribution in [0.15, 0.2) is 28.7 Å². The predicted octanol–water partition coefficient (Wildman–Crippen LogP) is 3.03. The molecule has 0 N–H and O–H groups in total. The van der Waals surface area contributed by atoms with E-state index < -0.39 is 6.10 Å². The van der Waals surface area contributed by atoms with Gasteiger partial charge in [-0.05, 0) is 38.1 Å². The van der Waals surface area contributed by atoms with Crippen molar-refractivity contribution in [2.45, 2.75) is 26.4 Å². The molecule has 0 radical (unpaired) electrons. The average Bonchev–Trinajstić information content (AvgIpc) is 2.90. The van der Waals surface area contributed by atoms with Crippen molar-refractivity contribution in [2.75, 3.05) is 26.2 Å². The molecule has 0 amide bonds. The third-order valence-electron chi connectivity index (χ3n) is 3.90. The number of ether oxygens (including phenoxy) is 1. The second kappa shape index (κ2) is 6.00. The summed E-state index contributed by atoms with van der Waals surface area (Å²) in [7, 11) is 0. The maximum atomic E-state index is 12.6. The number of hydrogen-bond donors (Lipinski definition) is 0. The van der Waals surface area contributed by atoms with E-state index in [1.54, 1.807) is 0 Å². The second-order valence-electron chi connectivity index (χ2n) is 5.68. The molecule has 1 atom stereocenters. The van der Waals surface area contributed by atoms with Crippen LogP contribution in [0.25, 0.3) is 11.0 Å². The maximum Gasteiger partial charge on any atom is 0.227 e. The molecule has 21 heavy (non-hydrogen) atoms. The number of benzene rings is 1. The molecule has 2 aromatic rings. The summed E-state index contributed by atoms with van der Waals surface area (Å²) in [5.74, 6) is 0.351. The topological polar surface area (TPSA) is 42.7 Å². The Bertz CT molecular complexity index is 645. The summed E-state index contributed by atoms with van der Waals surface area (Å²) in [6.45, 7) is 7.34. The number of nitrogens with zero attached hydrogens (tertiary/aromatic N) is 1. The van der Waals surface area contributed by atoms with E-state index in [1.165, 1.54) is 0 Å². The molecule has 1 saturated heterocycles. The van der Waals surface area contributed by atoms with Crippen LogP contribution >= 0.6 is 0 Å². The molecule has 112 valence electrons. The third kappa shape index (κ3) is 3.01. The lowest BCUT2D eigenvalue weighted by Gasteiger charge is -2.31. The highest BCUT2D eigenvalue weighted by Gasteiger charge is 2.29. The fourth-order valence-corrected chi connectivity index (χ4v) is 2.82. The Morgan fingerprint density at radius 2 is 2.24 bits per heavy atom. The van der Waals surface area contributed by atoms with Crippen LogP contribution in [-0.4, -0.2) is 43.0 Å². The molecule has 0 spiro atoms. The van der Waals surface area contributed by atoms with E-state index in [2.05, 4.69) is 11.8 Å². The van der Waals surface area contributed by atoms with Crippen molar-refractivity contribution in [1.29, 1.82) is 0 Å².